The Labute approximate surface area is 173 Å². The van der Waals surface area contributed by atoms with Gasteiger partial charge in [0.2, 0.25) is 11.8 Å². The first-order valence-corrected chi connectivity index (χ1v) is 11.3. The molecule has 5 rings (SSSR count). The highest BCUT2D eigenvalue weighted by atomic mass is 16.5. The molecule has 1 saturated carbocycles. The predicted octanol–water partition coefficient (Wildman–Crippen LogP) is 3.13. The number of carbonyl (C=O) groups excluding carboxylic acids is 2. The third kappa shape index (κ3) is 3.58. The molecule has 5 nitrogen and oxygen atoms in total. The van der Waals surface area contributed by atoms with Crippen molar-refractivity contribution in [3.05, 3.63) is 35.9 Å². The molecule has 0 bridgehead atoms. The van der Waals surface area contributed by atoms with Gasteiger partial charge in [0.1, 0.15) is 0 Å². The van der Waals surface area contributed by atoms with Gasteiger partial charge in [-0.15, -0.1) is 0 Å². The average molecular weight is 397 g/mol. The first-order chi connectivity index (χ1) is 14.1. The molecular weight excluding hydrogens is 364 g/mol. The Morgan fingerprint density at radius 2 is 1.83 bits per heavy atom. The second kappa shape index (κ2) is 7.42. The monoisotopic (exact) mass is 396 g/mol. The zero-order chi connectivity index (χ0) is 19.9. The Bertz CT molecular complexity index is 760. The van der Waals surface area contributed by atoms with Crippen molar-refractivity contribution in [1.82, 2.24) is 9.80 Å². The molecule has 3 saturated heterocycles. The minimum Gasteiger partial charge on any atom is -0.376 e. The summed E-state index contributed by atoms with van der Waals surface area (Å²) in [5, 5.41) is 0. The Morgan fingerprint density at radius 3 is 2.48 bits per heavy atom. The highest BCUT2D eigenvalue weighted by Gasteiger charge is 2.54. The van der Waals surface area contributed by atoms with E-state index in [-0.39, 0.29) is 22.8 Å². The molecule has 1 aromatic carbocycles. The third-order valence-electron chi connectivity index (χ3n) is 7.79. The zero-order valence-electron chi connectivity index (χ0n) is 17.3. The van der Waals surface area contributed by atoms with Crippen molar-refractivity contribution in [2.45, 2.75) is 62.9 Å². The van der Waals surface area contributed by atoms with Crippen LogP contribution in [0.3, 0.4) is 0 Å². The molecule has 156 valence electrons. The lowest BCUT2D eigenvalue weighted by Crippen LogP contribution is -2.54. The van der Waals surface area contributed by atoms with E-state index in [1.165, 1.54) is 5.56 Å². The van der Waals surface area contributed by atoms with Gasteiger partial charge in [-0.1, -0.05) is 30.3 Å². The molecule has 4 fully saturated rings. The number of ether oxygens (including phenoxy) is 1. The van der Waals surface area contributed by atoms with Crippen LogP contribution < -0.4 is 0 Å². The van der Waals surface area contributed by atoms with E-state index in [9.17, 15) is 9.59 Å². The van der Waals surface area contributed by atoms with Crippen molar-refractivity contribution >= 4 is 11.8 Å². The largest absolute Gasteiger partial charge is 0.376 e. The number of hydrogen-bond acceptors (Lipinski definition) is 3. The smallest absolute Gasteiger partial charge is 0.233 e. The van der Waals surface area contributed by atoms with Gasteiger partial charge < -0.3 is 14.5 Å². The van der Waals surface area contributed by atoms with Crippen LogP contribution in [0.4, 0.5) is 0 Å². The zero-order valence-corrected chi connectivity index (χ0v) is 17.3. The van der Waals surface area contributed by atoms with E-state index in [0.29, 0.717) is 12.3 Å². The predicted molar refractivity (Wildman–Crippen MR) is 110 cm³/mol. The molecule has 2 amide bonds. The molecule has 1 aliphatic carbocycles. The van der Waals surface area contributed by atoms with Crippen molar-refractivity contribution in [2.24, 2.45) is 5.41 Å². The lowest BCUT2D eigenvalue weighted by Gasteiger charge is -2.48. The number of piperidine rings is 2. The van der Waals surface area contributed by atoms with Crippen LogP contribution in [-0.4, -0.2) is 60.5 Å². The van der Waals surface area contributed by atoms with Gasteiger partial charge in [0.25, 0.3) is 0 Å². The van der Waals surface area contributed by atoms with Crippen LogP contribution >= 0.6 is 0 Å². The lowest BCUT2D eigenvalue weighted by atomic mass is 9.72. The van der Waals surface area contributed by atoms with Crippen molar-refractivity contribution in [1.29, 1.82) is 0 Å². The van der Waals surface area contributed by atoms with E-state index in [1.54, 1.807) is 0 Å². The number of amides is 2. The van der Waals surface area contributed by atoms with Crippen molar-refractivity contribution < 1.29 is 14.3 Å². The SMILES string of the molecule is O=C1CCC2(CCN(C(=O)C3(c4ccccc4)CC3)CC2)CN1C[C@@H]1CCCO1. The standard InChI is InChI=1S/C24H32N2O3/c27-21-8-9-23(18-26(21)17-20-7-4-16-29-20)12-14-25(15-13-23)22(28)24(10-11-24)19-5-2-1-3-6-19/h1-3,5-6,20H,4,7-18H2/t20-/m0/s1. The first kappa shape index (κ1) is 19.1. The van der Waals surface area contributed by atoms with E-state index in [2.05, 4.69) is 21.9 Å². The Kier molecular flexibility index (Phi) is 4.89. The van der Waals surface area contributed by atoms with E-state index in [1.807, 2.05) is 18.2 Å². The topological polar surface area (TPSA) is 49.9 Å². The van der Waals surface area contributed by atoms with E-state index < -0.39 is 0 Å². The normalized spacial score (nSPS) is 28.0. The molecule has 3 heterocycles. The molecule has 1 atom stereocenters. The van der Waals surface area contributed by atoms with Gasteiger partial charge in [-0.2, -0.15) is 0 Å². The van der Waals surface area contributed by atoms with Gasteiger partial charge in [0.15, 0.2) is 0 Å². The molecule has 3 aliphatic heterocycles. The van der Waals surface area contributed by atoms with Crippen LogP contribution in [0, 0.1) is 5.41 Å². The summed E-state index contributed by atoms with van der Waals surface area (Å²) in [5.41, 5.74) is 1.10. The van der Waals surface area contributed by atoms with Gasteiger partial charge >= 0.3 is 0 Å². The molecule has 1 spiro atoms. The molecule has 0 radical (unpaired) electrons. The van der Waals surface area contributed by atoms with Crippen LogP contribution in [0.25, 0.3) is 0 Å². The molecule has 29 heavy (non-hydrogen) atoms. The maximum absolute atomic E-state index is 13.3. The van der Waals surface area contributed by atoms with Crippen molar-refractivity contribution in [3.8, 4) is 0 Å². The maximum Gasteiger partial charge on any atom is 0.233 e. The van der Waals surface area contributed by atoms with Crippen molar-refractivity contribution in [3.63, 3.8) is 0 Å². The molecule has 1 aromatic rings. The second-order valence-corrected chi connectivity index (χ2v) is 9.65. The number of carbonyl (C=O) groups is 2. The molecular formula is C24H32N2O3. The molecule has 0 N–H and O–H groups in total. The molecule has 0 unspecified atom stereocenters. The fourth-order valence-electron chi connectivity index (χ4n) is 5.71. The number of likely N-dealkylation sites (tertiary alicyclic amines) is 2. The van der Waals surface area contributed by atoms with Crippen LogP contribution in [0.15, 0.2) is 30.3 Å². The van der Waals surface area contributed by atoms with Crippen LogP contribution in [0.1, 0.15) is 56.9 Å². The summed E-state index contributed by atoms with van der Waals surface area (Å²) in [6, 6.07) is 10.3. The summed E-state index contributed by atoms with van der Waals surface area (Å²) in [4.78, 5) is 30.0. The van der Waals surface area contributed by atoms with Gasteiger partial charge in [-0.05, 0) is 55.9 Å². The summed E-state index contributed by atoms with van der Waals surface area (Å²) < 4.78 is 5.77. The van der Waals surface area contributed by atoms with Gasteiger partial charge in [-0.3, -0.25) is 9.59 Å². The highest BCUT2D eigenvalue weighted by molar-refractivity contribution is 5.91. The van der Waals surface area contributed by atoms with E-state index in [4.69, 9.17) is 4.74 Å². The Hall–Kier alpha value is -1.88. The Morgan fingerprint density at radius 1 is 1.07 bits per heavy atom. The van der Waals surface area contributed by atoms with Crippen LogP contribution in [0.5, 0.6) is 0 Å². The Balaban J connectivity index is 1.22. The number of nitrogens with zero attached hydrogens (tertiary/aromatic N) is 2. The summed E-state index contributed by atoms with van der Waals surface area (Å²) >= 11 is 0. The lowest BCUT2D eigenvalue weighted by molar-refractivity contribution is -0.144. The summed E-state index contributed by atoms with van der Waals surface area (Å²) in [5.74, 6) is 0.604. The van der Waals surface area contributed by atoms with Gasteiger partial charge in [-0.25, -0.2) is 0 Å². The van der Waals surface area contributed by atoms with Crippen molar-refractivity contribution in [2.75, 3.05) is 32.8 Å². The summed E-state index contributed by atoms with van der Waals surface area (Å²) in [6.07, 6.45) is 7.99. The molecule has 5 heteroatoms. The molecule has 4 aliphatic rings. The maximum atomic E-state index is 13.3. The van der Waals surface area contributed by atoms with Crippen LogP contribution in [-0.2, 0) is 19.7 Å². The number of benzene rings is 1. The minimum atomic E-state index is -0.264. The summed E-state index contributed by atoms with van der Waals surface area (Å²) in [6.45, 7) is 4.08. The fraction of sp³-hybridized carbons (Fsp3) is 0.667. The summed E-state index contributed by atoms with van der Waals surface area (Å²) in [7, 11) is 0. The average Bonchev–Trinajstić information content (AvgIpc) is 3.42. The fourth-order valence-corrected chi connectivity index (χ4v) is 5.71. The number of hydrogen-bond donors (Lipinski definition) is 0. The second-order valence-electron chi connectivity index (χ2n) is 9.65. The van der Waals surface area contributed by atoms with E-state index >= 15 is 0 Å². The van der Waals surface area contributed by atoms with Crippen LogP contribution in [0.2, 0.25) is 0 Å². The highest BCUT2D eigenvalue weighted by Crippen LogP contribution is 2.50. The minimum absolute atomic E-state index is 0.187. The third-order valence-corrected chi connectivity index (χ3v) is 7.79. The number of rotatable bonds is 4. The quantitative estimate of drug-likeness (QED) is 0.786. The van der Waals surface area contributed by atoms with Gasteiger partial charge in [0.05, 0.1) is 11.5 Å². The molecule has 0 aromatic heterocycles. The van der Waals surface area contributed by atoms with Gasteiger partial charge in [0, 0.05) is 39.2 Å². The first-order valence-electron chi connectivity index (χ1n) is 11.3. The van der Waals surface area contributed by atoms with E-state index in [0.717, 1.165) is 77.7 Å².